The van der Waals surface area contributed by atoms with Gasteiger partial charge in [0.25, 0.3) is 0 Å². The SMILES string of the molecule is Fc1ccc(N[C@@H]2CCCN(Cc3cccc4c3OCO4)C2)cc1F. The molecule has 0 aromatic heterocycles. The molecular formula is C19H20F2N2O2. The maximum Gasteiger partial charge on any atom is 0.231 e. The highest BCUT2D eigenvalue weighted by atomic mass is 19.2. The molecule has 2 heterocycles. The van der Waals surface area contributed by atoms with Gasteiger partial charge in [0.2, 0.25) is 6.79 Å². The van der Waals surface area contributed by atoms with Crippen molar-refractivity contribution in [3.05, 3.63) is 53.6 Å². The standard InChI is InChI=1S/C19H20F2N2O2/c20-16-7-6-14(9-17(16)21)22-15-4-2-8-23(11-15)10-13-3-1-5-18-19(13)25-12-24-18/h1,3,5-7,9,15,22H,2,4,8,10-12H2/t15-/m1/s1. The minimum Gasteiger partial charge on any atom is -0.454 e. The van der Waals surface area contributed by atoms with Gasteiger partial charge in [-0.05, 0) is 37.6 Å². The Morgan fingerprint density at radius 3 is 2.92 bits per heavy atom. The molecule has 2 aliphatic heterocycles. The smallest absolute Gasteiger partial charge is 0.231 e. The number of halogens is 2. The first-order valence-corrected chi connectivity index (χ1v) is 8.50. The average molecular weight is 346 g/mol. The molecule has 4 rings (SSSR count). The maximum atomic E-state index is 13.4. The highest BCUT2D eigenvalue weighted by Crippen LogP contribution is 2.36. The molecule has 1 saturated heterocycles. The van der Waals surface area contributed by atoms with Crippen LogP contribution in [-0.4, -0.2) is 30.8 Å². The van der Waals surface area contributed by atoms with Crippen LogP contribution in [0.15, 0.2) is 36.4 Å². The van der Waals surface area contributed by atoms with Gasteiger partial charge in [0, 0.05) is 36.4 Å². The molecule has 2 aromatic rings. The Labute approximate surface area is 145 Å². The van der Waals surface area contributed by atoms with E-state index in [9.17, 15) is 8.78 Å². The fourth-order valence-corrected chi connectivity index (χ4v) is 3.49. The number of fused-ring (bicyclic) bond motifs is 1. The van der Waals surface area contributed by atoms with Crippen molar-refractivity contribution in [1.82, 2.24) is 4.90 Å². The molecule has 0 saturated carbocycles. The molecule has 2 aromatic carbocycles. The number of benzene rings is 2. The van der Waals surface area contributed by atoms with Crippen LogP contribution in [0.25, 0.3) is 0 Å². The predicted octanol–water partition coefficient (Wildman–Crippen LogP) is 3.77. The molecule has 0 radical (unpaired) electrons. The first-order chi connectivity index (χ1) is 12.2. The monoisotopic (exact) mass is 346 g/mol. The second-order valence-corrected chi connectivity index (χ2v) is 6.50. The van der Waals surface area contributed by atoms with Gasteiger partial charge in [-0.2, -0.15) is 0 Å². The topological polar surface area (TPSA) is 33.7 Å². The van der Waals surface area contributed by atoms with Gasteiger partial charge in [-0.3, -0.25) is 4.90 Å². The lowest BCUT2D eigenvalue weighted by atomic mass is 10.0. The van der Waals surface area contributed by atoms with Crippen LogP contribution in [0.1, 0.15) is 18.4 Å². The van der Waals surface area contributed by atoms with Crippen molar-refractivity contribution >= 4 is 5.69 Å². The first kappa shape index (κ1) is 16.1. The van der Waals surface area contributed by atoms with Gasteiger partial charge >= 0.3 is 0 Å². The van der Waals surface area contributed by atoms with Crippen molar-refractivity contribution in [2.24, 2.45) is 0 Å². The lowest BCUT2D eigenvalue weighted by molar-refractivity contribution is 0.169. The van der Waals surface area contributed by atoms with E-state index >= 15 is 0 Å². The third-order valence-corrected chi connectivity index (χ3v) is 4.67. The zero-order chi connectivity index (χ0) is 17.2. The molecule has 0 aliphatic carbocycles. The molecule has 0 unspecified atom stereocenters. The summed E-state index contributed by atoms with van der Waals surface area (Å²) in [7, 11) is 0. The molecule has 1 N–H and O–H groups in total. The molecule has 25 heavy (non-hydrogen) atoms. The van der Waals surface area contributed by atoms with Crippen LogP contribution < -0.4 is 14.8 Å². The fourth-order valence-electron chi connectivity index (χ4n) is 3.49. The van der Waals surface area contributed by atoms with Crippen molar-refractivity contribution in [2.75, 3.05) is 25.2 Å². The van der Waals surface area contributed by atoms with E-state index in [1.54, 1.807) is 6.07 Å². The Bertz CT molecular complexity index is 769. The number of hydrogen-bond acceptors (Lipinski definition) is 4. The first-order valence-electron chi connectivity index (χ1n) is 8.50. The Balaban J connectivity index is 1.41. The highest BCUT2D eigenvalue weighted by Gasteiger charge is 2.23. The van der Waals surface area contributed by atoms with Gasteiger partial charge in [0.15, 0.2) is 23.1 Å². The van der Waals surface area contributed by atoms with Crippen LogP contribution in [-0.2, 0) is 6.54 Å². The second kappa shape index (κ2) is 6.88. The van der Waals surface area contributed by atoms with Gasteiger partial charge in [-0.25, -0.2) is 8.78 Å². The minimum absolute atomic E-state index is 0.201. The highest BCUT2D eigenvalue weighted by molar-refractivity contribution is 5.48. The Morgan fingerprint density at radius 1 is 1.12 bits per heavy atom. The molecule has 4 nitrogen and oxygen atoms in total. The summed E-state index contributed by atoms with van der Waals surface area (Å²) >= 11 is 0. The van der Waals surface area contributed by atoms with E-state index in [2.05, 4.69) is 16.3 Å². The molecule has 1 atom stereocenters. The van der Waals surface area contributed by atoms with E-state index < -0.39 is 11.6 Å². The van der Waals surface area contributed by atoms with Gasteiger partial charge < -0.3 is 14.8 Å². The molecule has 0 bridgehead atoms. The number of nitrogens with one attached hydrogen (secondary N) is 1. The molecule has 0 spiro atoms. The molecule has 2 aliphatic rings. The molecule has 132 valence electrons. The van der Waals surface area contributed by atoms with E-state index in [-0.39, 0.29) is 12.8 Å². The minimum atomic E-state index is -0.824. The quantitative estimate of drug-likeness (QED) is 0.914. The molecule has 0 amide bonds. The third-order valence-electron chi connectivity index (χ3n) is 4.67. The van der Waals surface area contributed by atoms with Gasteiger partial charge in [0.1, 0.15) is 0 Å². The largest absolute Gasteiger partial charge is 0.454 e. The summed E-state index contributed by atoms with van der Waals surface area (Å²) in [6.45, 7) is 2.89. The Kier molecular flexibility index (Phi) is 4.44. The third kappa shape index (κ3) is 3.54. The summed E-state index contributed by atoms with van der Waals surface area (Å²) in [4.78, 5) is 2.35. The lowest BCUT2D eigenvalue weighted by Crippen LogP contribution is -2.41. The normalized spacial score (nSPS) is 19.8. The number of anilines is 1. The molecule has 1 fully saturated rings. The van der Waals surface area contributed by atoms with E-state index in [1.165, 1.54) is 6.07 Å². The zero-order valence-corrected chi connectivity index (χ0v) is 13.8. The summed E-state index contributed by atoms with van der Waals surface area (Å²) in [6, 6.07) is 10.1. The second-order valence-electron chi connectivity index (χ2n) is 6.50. The lowest BCUT2D eigenvalue weighted by Gasteiger charge is -2.33. The van der Waals surface area contributed by atoms with E-state index in [4.69, 9.17) is 9.47 Å². The average Bonchev–Trinajstić information content (AvgIpc) is 3.08. The number of para-hydroxylation sites is 1. The summed E-state index contributed by atoms with van der Waals surface area (Å²) in [5.41, 5.74) is 1.73. The van der Waals surface area contributed by atoms with Crippen molar-refractivity contribution in [3.63, 3.8) is 0 Å². The van der Waals surface area contributed by atoms with Crippen LogP contribution >= 0.6 is 0 Å². The van der Waals surface area contributed by atoms with E-state index in [1.807, 2.05) is 12.1 Å². The van der Waals surface area contributed by atoms with Crippen LogP contribution in [0.3, 0.4) is 0 Å². The van der Waals surface area contributed by atoms with Crippen LogP contribution in [0.4, 0.5) is 14.5 Å². The summed E-state index contributed by atoms with van der Waals surface area (Å²) < 4.78 is 37.4. The summed E-state index contributed by atoms with van der Waals surface area (Å²) in [6.07, 6.45) is 2.05. The van der Waals surface area contributed by atoms with E-state index in [0.29, 0.717) is 5.69 Å². The number of likely N-dealkylation sites (tertiary alicyclic amines) is 1. The molecular weight excluding hydrogens is 326 g/mol. The van der Waals surface area contributed by atoms with Gasteiger partial charge in [0.05, 0.1) is 0 Å². The number of piperidine rings is 1. The van der Waals surface area contributed by atoms with Gasteiger partial charge in [-0.15, -0.1) is 0 Å². The summed E-state index contributed by atoms with van der Waals surface area (Å²) in [5.74, 6) is -0.0187. The van der Waals surface area contributed by atoms with E-state index in [0.717, 1.165) is 55.6 Å². The van der Waals surface area contributed by atoms with Gasteiger partial charge in [-0.1, -0.05) is 12.1 Å². The van der Waals surface area contributed by atoms with Crippen molar-refractivity contribution < 1.29 is 18.3 Å². The van der Waals surface area contributed by atoms with Crippen LogP contribution in [0.2, 0.25) is 0 Å². The number of hydrogen-bond donors (Lipinski definition) is 1. The predicted molar refractivity (Wildman–Crippen MR) is 90.8 cm³/mol. The fraction of sp³-hybridized carbons (Fsp3) is 0.368. The number of rotatable bonds is 4. The number of ether oxygens (including phenoxy) is 2. The van der Waals surface area contributed by atoms with Crippen LogP contribution in [0, 0.1) is 11.6 Å². The van der Waals surface area contributed by atoms with Crippen molar-refractivity contribution in [1.29, 1.82) is 0 Å². The van der Waals surface area contributed by atoms with Crippen molar-refractivity contribution in [3.8, 4) is 11.5 Å². The van der Waals surface area contributed by atoms with Crippen molar-refractivity contribution in [2.45, 2.75) is 25.4 Å². The van der Waals surface area contributed by atoms with Crippen LogP contribution in [0.5, 0.6) is 11.5 Å². The maximum absolute atomic E-state index is 13.4. The molecule has 6 heteroatoms. The zero-order valence-electron chi connectivity index (χ0n) is 13.8. The summed E-state index contributed by atoms with van der Waals surface area (Å²) in [5, 5.41) is 3.31. The Morgan fingerprint density at radius 2 is 2.04 bits per heavy atom. The number of nitrogens with zero attached hydrogens (tertiary/aromatic N) is 1. The Hall–Kier alpha value is -2.34.